The molecule has 39 heavy (non-hydrogen) atoms. The Bertz CT molecular complexity index is 1210. The van der Waals surface area contributed by atoms with Gasteiger partial charge in [0.2, 0.25) is 5.91 Å². The molecule has 0 aliphatic rings. The number of amides is 2. The first kappa shape index (κ1) is 29.8. The quantitative estimate of drug-likeness (QED) is 0.252. The van der Waals surface area contributed by atoms with Crippen LogP contribution in [0.3, 0.4) is 0 Å². The van der Waals surface area contributed by atoms with E-state index in [0.29, 0.717) is 12.8 Å². The van der Waals surface area contributed by atoms with Crippen molar-refractivity contribution in [1.82, 2.24) is 15.6 Å². The number of pyridine rings is 1. The maximum atomic E-state index is 13.3. The van der Waals surface area contributed by atoms with Crippen LogP contribution >= 0.6 is 0 Å². The van der Waals surface area contributed by atoms with Gasteiger partial charge in [-0.1, -0.05) is 81.4 Å². The number of nitrogens with one attached hydrogen (secondary N) is 2. The van der Waals surface area contributed by atoms with Gasteiger partial charge in [0.05, 0.1) is 17.8 Å². The third-order valence-electron chi connectivity index (χ3n) is 6.69. The van der Waals surface area contributed by atoms with Crippen LogP contribution < -0.4 is 16.4 Å². The van der Waals surface area contributed by atoms with Crippen molar-refractivity contribution in [3.63, 3.8) is 0 Å². The van der Waals surface area contributed by atoms with E-state index in [2.05, 4.69) is 15.6 Å². The number of aliphatic hydroxyl groups excluding tert-OH is 1. The zero-order chi connectivity index (χ0) is 28.6. The lowest BCUT2D eigenvalue weighted by atomic mass is 9.85. The van der Waals surface area contributed by atoms with Gasteiger partial charge in [-0.05, 0) is 54.4 Å². The van der Waals surface area contributed by atoms with Crippen LogP contribution in [0.1, 0.15) is 43.9 Å². The number of carbonyl (C=O) groups excluding carboxylic acids is 1. The van der Waals surface area contributed by atoms with Crippen LogP contribution in [0.2, 0.25) is 0 Å². The second-order valence-electron chi connectivity index (χ2n) is 11.2. The van der Waals surface area contributed by atoms with E-state index in [1.807, 2.05) is 79.9 Å². The smallest absolute Gasteiger partial charge is 0.405 e. The van der Waals surface area contributed by atoms with Crippen molar-refractivity contribution < 1.29 is 19.8 Å². The zero-order valence-electron chi connectivity index (χ0n) is 23.1. The summed E-state index contributed by atoms with van der Waals surface area (Å²) in [6.45, 7) is 7.34. The molecule has 1 heterocycles. The van der Waals surface area contributed by atoms with Gasteiger partial charge in [0.15, 0.2) is 0 Å². The van der Waals surface area contributed by atoms with Crippen molar-refractivity contribution >= 4 is 12.0 Å². The maximum absolute atomic E-state index is 13.3. The highest BCUT2D eigenvalue weighted by Gasteiger charge is 2.35. The first-order valence-electron chi connectivity index (χ1n) is 13.2. The molecule has 2 amide bonds. The van der Waals surface area contributed by atoms with E-state index in [9.17, 15) is 19.8 Å². The Morgan fingerprint density at radius 3 is 2.13 bits per heavy atom. The Morgan fingerprint density at radius 1 is 0.923 bits per heavy atom. The Labute approximate surface area is 230 Å². The molecule has 0 spiro atoms. The van der Waals surface area contributed by atoms with Crippen molar-refractivity contribution in [2.75, 3.05) is 0 Å². The van der Waals surface area contributed by atoms with Crippen LogP contribution in [-0.4, -0.2) is 51.4 Å². The summed E-state index contributed by atoms with van der Waals surface area (Å²) < 4.78 is 0. The summed E-state index contributed by atoms with van der Waals surface area (Å²) in [7, 11) is 0. The molecule has 3 rings (SSSR count). The minimum Gasteiger partial charge on any atom is -0.465 e. The number of hydrogen-bond donors (Lipinski definition) is 5. The Balaban J connectivity index is 1.79. The third kappa shape index (κ3) is 9.19. The predicted octanol–water partition coefficient (Wildman–Crippen LogP) is 4.09. The first-order valence-corrected chi connectivity index (χ1v) is 13.2. The number of benzene rings is 2. The summed E-state index contributed by atoms with van der Waals surface area (Å²) in [4.78, 5) is 29.2. The van der Waals surface area contributed by atoms with Crippen molar-refractivity contribution in [2.45, 2.75) is 71.2 Å². The molecule has 4 atom stereocenters. The summed E-state index contributed by atoms with van der Waals surface area (Å²) in [5.41, 5.74) is 10.6. The fraction of sp³-hybridized carbons (Fsp3) is 0.387. The molecule has 0 aliphatic carbocycles. The van der Waals surface area contributed by atoms with Crippen molar-refractivity contribution in [1.29, 1.82) is 0 Å². The number of carboxylic acid groups (broad SMARTS) is 1. The standard InChI is InChI=1S/C31H40N4O4/c1-20-10-15-25(33-19-20)23-13-11-22(12-14-23)17-26(34-29(37)28(31(2,3)4)35-30(38)39)27(36)18-24(32)16-21-8-6-5-7-9-21/h5-15,19,24,26-28,35-36H,16-18,32H2,1-4H3,(H,34,37)(H,38,39)/t24-,26-,27+,28+/m0/s1. The van der Waals surface area contributed by atoms with E-state index in [-0.39, 0.29) is 12.5 Å². The molecule has 8 heteroatoms. The van der Waals surface area contributed by atoms with Crippen molar-refractivity contribution in [3.8, 4) is 11.3 Å². The average Bonchev–Trinajstić information content (AvgIpc) is 2.87. The molecule has 0 saturated heterocycles. The fourth-order valence-corrected chi connectivity index (χ4v) is 4.53. The van der Waals surface area contributed by atoms with Crippen LogP contribution in [0.4, 0.5) is 4.79 Å². The van der Waals surface area contributed by atoms with E-state index in [4.69, 9.17) is 5.73 Å². The van der Waals surface area contributed by atoms with E-state index in [1.165, 1.54) is 0 Å². The van der Waals surface area contributed by atoms with Crippen LogP contribution in [0.25, 0.3) is 11.3 Å². The number of carbonyl (C=O) groups is 2. The van der Waals surface area contributed by atoms with Gasteiger partial charge in [0.1, 0.15) is 6.04 Å². The number of aryl methyl sites for hydroxylation is 1. The number of aromatic nitrogens is 1. The van der Waals surface area contributed by atoms with Crippen molar-refractivity contribution in [3.05, 3.63) is 89.6 Å². The number of hydrogen-bond acceptors (Lipinski definition) is 5. The second kappa shape index (κ2) is 13.4. The Kier molecular flexibility index (Phi) is 10.2. The van der Waals surface area contributed by atoms with Crippen molar-refractivity contribution in [2.24, 2.45) is 11.1 Å². The van der Waals surface area contributed by atoms with Crippen LogP contribution in [-0.2, 0) is 17.6 Å². The van der Waals surface area contributed by atoms with Gasteiger partial charge in [0, 0.05) is 17.8 Å². The highest BCUT2D eigenvalue weighted by atomic mass is 16.4. The summed E-state index contributed by atoms with van der Waals surface area (Å²) in [5.74, 6) is -0.494. The highest BCUT2D eigenvalue weighted by molar-refractivity contribution is 5.86. The molecule has 8 nitrogen and oxygen atoms in total. The Morgan fingerprint density at radius 2 is 1.56 bits per heavy atom. The zero-order valence-corrected chi connectivity index (χ0v) is 23.1. The summed E-state index contributed by atoms with van der Waals surface area (Å²) in [6.07, 6.45) is 0.778. The lowest BCUT2D eigenvalue weighted by Gasteiger charge is -2.33. The van der Waals surface area contributed by atoms with Gasteiger partial charge in [-0.25, -0.2) is 4.79 Å². The summed E-state index contributed by atoms with van der Waals surface area (Å²) in [5, 5.41) is 25.8. The molecule has 0 unspecified atom stereocenters. The number of rotatable bonds is 11. The second-order valence-corrected chi connectivity index (χ2v) is 11.2. The fourth-order valence-electron chi connectivity index (χ4n) is 4.53. The predicted molar refractivity (Wildman–Crippen MR) is 153 cm³/mol. The van der Waals surface area contributed by atoms with Gasteiger partial charge >= 0.3 is 6.09 Å². The Hall–Kier alpha value is -3.75. The van der Waals surface area contributed by atoms with E-state index in [0.717, 1.165) is 27.9 Å². The molecule has 0 fully saturated rings. The summed E-state index contributed by atoms with van der Waals surface area (Å²) >= 11 is 0. The molecule has 0 radical (unpaired) electrons. The summed E-state index contributed by atoms with van der Waals surface area (Å²) in [6, 6.07) is 19.6. The topological polar surface area (TPSA) is 138 Å². The van der Waals surface area contributed by atoms with Gasteiger partial charge in [-0.3, -0.25) is 9.78 Å². The van der Waals surface area contributed by atoms with Gasteiger partial charge in [-0.15, -0.1) is 0 Å². The minimum atomic E-state index is -1.28. The van der Waals surface area contributed by atoms with E-state index >= 15 is 0 Å². The number of nitrogens with two attached hydrogens (primary N) is 1. The molecular formula is C31H40N4O4. The van der Waals surface area contributed by atoms with Gasteiger partial charge < -0.3 is 26.6 Å². The first-order chi connectivity index (χ1) is 18.4. The lowest BCUT2D eigenvalue weighted by molar-refractivity contribution is -0.127. The normalized spacial score (nSPS) is 14.6. The molecule has 1 aromatic heterocycles. The monoisotopic (exact) mass is 532 g/mol. The van der Waals surface area contributed by atoms with Gasteiger partial charge in [0.25, 0.3) is 0 Å². The molecular weight excluding hydrogens is 492 g/mol. The van der Waals surface area contributed by atoms with Gasteiger partial charge in [-0.2, -0.15) is 0 Å². The molecule has 3 aromatic rings. The lowest BCUT2D eigenvalue weighted by Crippen LogP contribution is -2.57. The van der Waals surface area contributed by atoms with Crippen LogP contribution in [0, 0.1) is 12.3 Å². The molecule has 6 N–H and O–H groups in total. The van der Waals surface area contributed by atoms with Crippen LogP contribution in [0.5, 0.6) is 0 Å². The molecule has 0 bridgehead atoms. The molecule has 0 saturated carbocycles. The maximum Gasteiger partial charge on any atom is 0.405 e. The van der Waals surface area contributed by atoms with E-state index in [1.54, 1.807) is 20.8 Å². The SMILES string of the molecule is Cc1ccc(-c2ccc(C[C@H](NC(=O)[C@@H](NC(=O)O)C(C)(C)C)[C@H](O)C[C@@H](N)Cc3ccccc3)cc2)nc1. The number of nitrogens with zero attached hydrogens (tertiary/aromatic N) is 1. The largest absolute Gasteiger partial charge is 0.465 e. The molecule has 208 valence electrons. The highest BCUT2D eigenvalue weighted by Crippen LogP contribution is 2.22. The minimum absolute atomic E-state index is 0.262. The molecule has 2 aromatic carbocycles. The number of aliphatic hydroxyl groups is 1. The third-order valence-corrected chi connectivity index (χ3v) is 6.69. The average molecular weight is 533 g/mol. The van der Waals surface area contributed by atoms with E-state index < -0.39 is 35.6 Å². The van der Waals surface area contributed by atoms with Crippen LogP contribution in [0.15, 0.2) is 72.9 Å². The molecule has 0 aliphatic heterocycles.